The Bertz CT molecular complexity index is 779. The number of hydrogen-bond acceptors (Lipinski definition) is 7. The molecule has 11 heteroatoms. The minimum Gasteiger partial charge on any atom is -0.481 e. The smallest absolute Gasteiger partial charge is 0.306 e. The molecule has 0 saturated carbocycles. The summed E-state index contributed by atoms with van der Waals surface area (Å²) in [6.45, 7) is 6.30. The molecule has 198 valence electrons. The average Bonchev–Trinajstić information content (AvgIpc) is 2.76. The minimum absolute atomic E-state index is 0.0226. The zero-order valence-electron chi connectivity index (χ0n) is 21.1. The fourth-order valence-electron chi connectivity index (χ4n) is 3.26. The number of ketones is 3. The number of rotatable bonds is 19. The van der Waals surface area contributed by atoms with Gasteiger partial charge < -0.3 is 21.1 Å². The third-order valence-corrected chi connectivity index (χ3v) is 5.25. The maximum Gasteiger partial charge on any atom is 0.306 e. The van der Waals surface area contributed by atoms with Gasteiger partial charge in [0.05, 0.1) is 18.5 Å². The lowest BCUT2D eigenvalue weighted by Gasteiger charge is -2.17. The zero-order chi connectivity index (χ0) is 27.0. The van der Waals surface area contributed by atoms with E-state index in [0.29, 0.717) is 6.42 Å². The summed E-state index contributed by atoms with van der Waals surface area (Å²) in [6, 6.07) is -0.964. The van der Waals surface area contributed by atoms with E-state index >= 15 is 0 Å². The number of aliphatic carboxylic acids is 1. The minimum atomic E-state index is -0.948. The zero-order valence-corrected chi connectivity index (χ0v) is 21.1. The van der Waals surface area contributed by atoms with Crippen LogP contribution in [0.4, 0.5) is 0 Å². The maximum atomic E-state index is 12.4. The van der Waals surface area contributed by atoms with Gasteiger partial charge in [-0.1, -0.05) is 6.92 Å². The quantitative estimate of drug-likeness (QED) is 0.205. The highest BCUT2D eigenvalue weighted by Gasteiger charge is 2.22. The number of hydrogen-bond donors (Lipinski definition) is 4. The predicted octanol–water partition coefficient (Wildman–Crippen LogP) is 1.07. The van der Waals surface area contributed by atoms with E-state index in [9.17, 15) is 33.6 Å². The molecule has 2 unspecified atom stereocenters. The lowest BCUT2D eigenvalue weighted by atomic mass is 9.98. The Balaban J connectivity index is 4.40. The molecular formula is C24H39N3O8. The van der Waals surface area contributed by atoms with Crippen LogP contribution in [0.25, 0.3) is 0 Å². The largest absolute Gasteiger partial charge is 0.481 e. The van der Waals surface area contributed by atoms with Crippen LogP contribution in [-0.4, -0.2) is 64.8 Å². The molecule has 0 aromatic rings. The molecule has 0 aromatic heterocycles. The van der Waals surface area contributed by atoms with Crippen LogP contribution >= 0.6 is 0 Å². The molecule has 11 nitrogen and oxygen atoms in total. The second-order valence-corrected chi connectivity index (χ2v) is 8.82. The van der Waals surface area contributed by atoms with Crippen molar-refractivity contribution in [2.24, 2.45) is 5.92 Å². The Hall–Kier alpha value is -3.11. The van der Waals surface area contributed by atoms with Gasteiger partial charge in [0.2, 0.25) is 17.7 Å². The van der Waals surface area contributed by atoms with Gasteiger partial charge in [-0.2, -0.15) is 0 Å². The maximum absolute atomic E-state index is 12.4. The first-order valence-electron chi connectivity index (χ1n) is 12.0. The Morgan fingerprint density at radius 3 is 1.89 bits per heavy atom. The first-order valence-corrected chi connectivity index (χ1v) is 12.0. The summed E-state index contributed by atoms with van der Waals surface area (Å²) in [5.74, 6) is -3.66. The van der Waals surface area contributed by atoms with Gasteiger partial charge in [0.1, 0.15) is 5.78 Å². The molecule has 0 rings (SSSR count). The van der Waals surface area contributed by atoms with Crippen LogP contribution in [0.5, 0.6) is 0 Å². The van der Waals surface area contributed by atoms with Crippen LogP contribution in [0.3, 0.4) is 0 Å². The fourth-order valence-corrected chi connectivity index (χ4v) is 3.26. The number of Topliss-reactive ketones (excluding diaryl/α,β-unsaturated/α-hetero) is 3. The van der Waals surface area contributed by atoms with Crippen molar-refractivity contribution in [1.82, 2.24) is 16.0 Å². The second-order valence-electron chi connectivity index (χ2n) is 8.82. The van der Waals surface area contributed by atoms with Crippen LogP contribution in [0.15, 0.2) is 0 Å². The number of amides is 3. The van der Waals surface area contributed by atoms with Crippen molar-refractivity contribution in [3.63, 3.8) is 0 Å². The van der Waals surface area contributed by atoms with Crippen molar-refractivity contribution in [3.8, 4) is 0 Å². The predicted molar refractivity (Wildman–Crippen MR) is 127 cm³/mol. The van der Waals surface area contributed by atoms with Gasteiger partial charge in [-0.05, 0) is 33.1 Å². The molecule has 0 spiro atoms. The summed E-state index contributed by atoms with van der Waals surface area (Å²) < 4.78 is 0. The van der Waals surface area contributed by atoms with Gasteiger partial charge in [0, 0.05) is 51.5 Å². The molecule has 0 bridgehead atoms. The molecule has 0 aliphatic rings. The summed E-state index contributed by atoms with van der Waals surface area (Å²) in [6.07, 6.45) is 0.449. The highest BCUT2D eigenvalue weighted by molar-refractivity contribution is 5.92. The highest BCUT2D eigenvalue weighted by Crippen LogP contribution is 2.12. The van der Waals surface area contributed by atoms with E-state index in [1.54, 1.807) is 20.8 Å². The summed E-state index contributed by atoms with van der Waals surface area (Å²) in [4.78, 5) is 82.5. The van der Waals surface area contributed by atoms with E-state index in [1.165, 1.54) is 6.92 Å². The molecule has 0 radical (unpaired) electrons. The lowest BCUT2D eigenvalue weighted by molar-refractivity contribution is -0.142. The van der Waals surface area contributed by atoms with E-state index in [2.05, 4.69) is 16.0 Å². The van der Waals surface area contributed by atoms with E-state index in [4.69, 9.17) is 5.11 Å². The monoisotopic (exact) mass is 497 g/mol. The van der Waals surface area contributed by atoms with Crippen molar-refractivity contribution >= 4 is 41.0 Å². The van der Waals surface area contributed by atoms with Gasteiger partial charge in [0.15, 0.2) is 11.6 Å². The van der Waals surface area contributed by atoms with Gasteiger partial charge in [-0.25, -0.2) is 0 Å². The molecule has 0 aliphatic heterocycles. The Kier molecular flexibility index (Phi) is 15.8. The molecule has 3 amide bonds. The highest BCUT2D eigenvalue weighted by atomic mass is 16.4. The molecule has 0 heterocycles. The van der Waals surface area contributed by atoms with Gasteiger partial charge >= 0.3 is 5.97 Å². The second kappa shape index (κ2) is 17.3. The molecule has 35 heavy (non-hydrogen) atoms. The molecule has 2 atom stereocenters. The number of carboxylic acid groups (broad SMARTS) is 1. The van der Waals surface area contributed by atoms with Crippen molar-refractivity contribution < 1.29 is 38.7 Å². The summed E-state index contributed by atoms with van der Waals surface area (Å²) >= 11 is 0. The Morgan fingerprint density at radius 1 is 0.743 bits per heavy atom. The molecule has 0 fully saturated rings. The molecule has 4 N–H and O–H groups in total. The number of nitrogens with one attached hydrogen (secondary N) is 3. The van der Waals surface area contributed by atoms with Gasteiger partial charge in [-0.15, -0.1) is 0 Å². The third kappa shape index (κ3) is 16.2. The summed E-state index contributed by atoms with van der Waals surface area (Å²) in [5.41, 5.74) is 0. The van der Waals surface area contributed by atoms with E-state index < -0.39 is 29.7 Å². The van der Waals surface area contributed by atoms with Crippen LogP contribution < -0.4 is 16.0 Å². The summed E-state index contributed by atoms with van der Waals surface area (Å²) in [5, 5.41) is 16.6. The van der Waals surface area contributed by atoms with E-state index in [0.717, 1.165) is 0 Å². The first-order chi connectivity index (χ1) is 16.3. The van der Waals surface area contributed by atoms with E-state index in [1.807, 2.05) is 0 Å². The van der Waals surface area contributed by atoms with Crippen LogP contribution in [0.2, 0.25) is 0 Å². The van der Waals surface area contributed by atoms with Crippen molar-refractivity contribution in [3.05, 3.63) is 0 Å². The lowest BCUT2D eigenvalue weighted by Crippen LogP contribution is -2.41. The van der Waals surface area contributed by atoms with Crippen molar-refractivity contribution in [2.45, 2.75) is 97.6 Å². The Morgan fingerprint density at radius 2 is 1.34 bits per heavy atom. The standard InChI is InChI=1S/C24H39N3O8/c1-5-17(24(34)35)6-7-18(29)9-12-22(32)25-14-19(30)8-10-20(27-16(4)28)21(31)11-13-23(33)26-15(2)3/h15,17,20H,5-14H2,1-4H3,(H,25,32)(H,26,33)(H,27,28)(H,34,35). The van der Waals surface area contributed by atoms with Crippen LogP contribution in [-0.2, 0) is 33.6 Å². The molecule has 0 saturated heterocycles. The number of carboxylic acids is 1. The summed E-state index contributed by atoms with van der Waals surface area (Å²) in [7, 11) is 0. The van der Waals surface area contributed by atoms with E-state index in [-0.39, 0.29) is 87.2 Å². The van der Waals surface area contributed by atoms with Gasteiger partial charge in [-0.3, -0.25) is 33.6 Å². The van der Waals surface area contributed by atoms with Crippen molar-refractivity contribution in [2.75, 3.05) is 6.54 Å². The molecule has 0 aliphatic carbocycles. The van der Waals surface area contributed by atoms with Gasteiger partial charge in [0.25, 0.3) is 0 Å². The topological polar surface area (TPSA) is 176 Å². The molecular weight excluding hydrogens is 458 g/mol. The Labute approximate surface area is 206 Å². The third-order valence-electron chi connectivity index (χ3n) is 5.25. The fraction of sp³-hybridized carbons (Fsp3) is 0.708. The number of carbonyl (C=O) groups excluding carboxylic acids is 6. The van der Waals surface area contributed by atoms with Crippen molar-refractivity contribution in [1.29, 1.82) is 0 Å². The first kappa shape index (κ1) is 31.9. The molecule has 0 aromatic carbocycles. The SMILES string of the molecule is CCC(CCC(=O)CCC(=O)NCC(=O)CCC(NC(C)=O)C(=O)CCC(=O)NC(C)C)C(=O)O. The van der Waals surface area contributed by atoms with Crippen LogP contribution in [0, 0.1) is 5.92 Å². The van der Waals surface area contributed by atoms with Crippen LogP contribution in [0.1, 0.15) is 85.5 Å². The normalized spacial score (nSPS) is 12.4. The number of carbonyl (C=O) groups is 7. The average molecular weight is 498 g/mol.